The third-order valence-corrected chi connectivity index (χ3v) is 6.97. The molecule has 198 valence electrons. The van der Waals surface area contributed by atoms with Gasteiger partial charge in [-0.1, -0.05) is 30.3 Å². The molecular formula is C29H33N5O4. The van der Waals surface area contributed by atoms with E-state index in [0.29, 0.717) is 18.0 Å². The van der Waals surface area contributed by atoms with Crippen molar-refractivity contribution in [3.05, 3.63) is 71.5 Å². The van der Waals surface area contributed by atoms with Crippen LogP contribution >= 0.6 is 0 Å². The third-order valence-electron chi connectivity index (χ3n) is 6.97. The topological polar surface area (TPSA) is 90.2 Å². The number of hydrogen-bond donors (Lipinski definition) is 1. The largest absolute Gasteiger partial charge is 0.493 e. The number of aromatic nitrogens is 3. The molecule has 0 bridgehead atoms. The van der Waals surface area contributed by atoms with Crippen molar-refractivity contribution in [2.75, 3.05) is 39.3 Å². The van der Waals surface area contributed by atoms with E-state index in [9.17, 15) is 4.79 Å². The van der Waals surface area contributed by atoms with Gasteiger partial charge < -0.3 is 24.4 Å². The minimum atomic E-state index is -0.640. The van der Waals surface area contributed by atoms with Gasteiger partial charge in [0.05, 0.1) is 37.0 Å². The van der Waals surface area contributed by atoms with E-state index in [1.165, 1.54) is 0 Å². The van der Waals surface area contributed by atoms with Gasteiger partial charge in [0, 0.05) is 31.8 Å². The molecule has 5 rings (SSSR count). The summed E-state index contributed by atoms with van der Waals surface area (Å²) in [6.07, 6.45) is 0.186. The predicted octanol–water partition coefficient (Wildman–Crippen LogP) is 4.11. The van der Waals surface area contributed by atoms with Crippen molar-refractivity contribution >= 4 is 17.2 Å². The van der Waals surface area contributed by atoms with E-state index >= 15 is 0 Å². The Morgan fingerprint density at radius 3 is 2.50 bits per heavy atom. The van der Waals surface area contributed by atoms with E-state index < -0.39 is 6.10 Å². The second-order valence-corrected chi connectivity index (χ2v) is 9.49. The van der Waals surface area contributed by atoms with Gasteiger partial charge in [-0.25, -0.2) is 9.50 Å². The number of rotatable bonds is 8. The molecule has 1 aliphatic rings. The number of benzene rings is 2. The Labute approximate surface area is 222 Å². The van der Waals surface area contributed by atoms with Gasteiger partial charge in [-0.2, -0.15) is 5.10 Å². The van der Waals surface area contributed by atoms with Crippen molar-refractivity contribution in [1.29, 1.82) is 0 Å². The molecule has 9 nitrogen and oxygen atoms in total. The average molecular weight is 516 g/mol. The number of carbonyl (C=O) groups excluding carboxylic acids is 1. The van der Waals surface area contributed by atoms with E-state index in [1.54, 1.807) is 21.3 Å². The zero-order chi connectivity index (χ0) is 26.8. The Kier molecular flexibility index (Phi) is 7.20. The number of nitrogens with zero attached hydrogens (tertiary/aromatic N) is 4. The maximum atomic E-state index is 13.0. The normalized spacial score (nSPS) is 16.0. The van der Waals surface area contributed by atoms with Crippen molar-refractivity contribution < 1.29 is 19.0 Å². The summed E-state index contributed by atoms with van der Waals surface area (Å²) >= 11 is 0. The fraction of sp³-hybridized carbons (Fsp3) is 0.345. The highest BCUT2D eigenvalue weighted by Gasteiger charge is 2.30. The van der Waals surface area contributed by atoms with Gasteiger partial charge in [-0.15, -0.1) is 0 Å². The number of methoxy groups -OCH3 is 3. The molecule has 0 saturated carbocycles. The minimum absolute atomic E-state index is 0.00115. The lowest BCUT2D eigenvalue weighted by atomic mass is 10.1. The van der Waals surface area contributed by atoms with Gasteiger partial charge in [0.1, 0.15) is 0 Å². The van der Waals surface area contributed by atoms with Gasteiger partial charge in [0.2, 0.25) is 0 Å². The fourth-order valence-electron chi connectivity index (χ4n) is 5.17. The number of nitrogens with one attached hydrogen (secondary N) is 1. The number of imidazole rings is 1. The molecular weight excluding hydrogens is 482 g/mol. The van der Waals surface area contributed by atoms with Crippen LogP contribution in [0.15, 0.2) is 54.6 Å². The average Bonchev–Trinajstić information content (AvgIpc) is 3.52. The molecule has 4 aromatic rings. The molecule has 0 radical (unpaired) electrons. The van der Waals surface area contributed by atoms with Crippen molar-refractivity contribution in [2.24, 2.45) is 0 Å². The van der Waals surface area contributed by atoms with E-state index in [-0.39, 0.29) is 11.9 Å². The SMILES string of the molecule is COc1ccc(-c2c(C)nc3c(N4CCC(NC(=O)C(OC)c5ccccc5)C4)cc(C)nn23)cc1OC. The second kappa shape index (κ2) is 10.7. The molecule has 2 unspecified atom stereocenters. The molecule has 1 N–H and O–H groups in total. The van der Waals surface area contributed by atoms with Gasteiger partial charge in [0.15, 0.2) is 23.3 Å². The van der Waals surface area contributed by atoms with Gasteiger partial charge in [-0.05, 0) is 50.1 Å². The van der Waals surface area contributed by atoms with Crippen molar-refractivity contribution in [2.45, 2.75) is 32.4 Å². The number of ether oxygens (including phenoxy) is 3. The maximum Gasteiger partial charge on any atom is 0.254 e. The Hall–Kier alpha value is -4.11. The third kappa shape index (κ3) is 4.77. The van der Waals surface area contributed by atoms with E-state index in [1.807, 2.05) is 66.9 Å². The van der Waals surface area contributed by atoms with E-state index in [4.69, 9.17) is 24.3 Å². The summed E-state index contributed by atoms with van der Waals surface area (Å²) in [6.45, 7) is 5.44. The molecule has 2 aromatic heterocycles. The standard InChI is InChI=1S/C29H33N5O4/c1-18-15-23(33-14-13-22(17-33)31-29(35)27(38-5)20-9-7-6-8-10-20)28-30-19(2)26(34(28)32-18)21-11-12-24(36-3)25(16-21)37-4/h6-12,15-16,22,27H,13-14,17H2,1-5H3,(H,31,35). The molecule has 2 atom stereocenters. The highest BCUT2D eigenvalue weighted by atomic mass is 16.5. The summed E-state index contributed by atoms with van der Waals surface area (Å²) in [5.41, 5.74) is 6.20. The van der Waals surface area contributed by atoms with Crippen LogP contribution in [0, 0.1) is 13.8 Å². The first-order chi connectivity index (χ1) is 18.4. The molecule has 1 amide bonds. The quantitative estimate of drug-likeness (QED) is 0.378. The summed E-state index contributed by atoms with van der Waals surface area (Å²) in [5, 5.41) is 7.99. The Bertz CT molecular complexity index is 1450. The number of fused-ring (bicyclic) bond motifs is 1. The second-order valence-electron chi connectivity index (χ2n) is 9.49. The van der Waals surface area contributed by atoms with E-state index in [2.05, 4.69) is 16.3 Å². The minimum Gasteiger partial charge on any atom is -0.493 e. The van der Waals surface area contributed by atoms with Crippen LogP contribution in [-0.4, -0.2) is 61.0 Å². The first kappa shape index (κ1) is 25.5. The van der Waals surface area contributed by atoms with Crippen LogP contribution in [0.4, 0.5) is 5.69 Å². The lowest BCUT2D eigenvalue weighted by Crippen LogP contribution is -2.40. The highest BCUT2D eigenvalue weighted by molar-refractivity contribution is 5.83. The maximum absolute atomic E-state index is 13.0. The van der Waals surface area contributed by atoms with Crippen LogP contribution in [0.25, 0.3) is 16.9 Å². The predicted molar refractivity (Wildman–Crippen MR) is 146 cm³/mol. The summed E-state index contributed by atoms with van der Waals surface area (Å²) < 4.78 is 18.4. The van der Waals surface area contributed by atoms with Crippen LogP contribution in [0.3, 0.4) is 0 Å². The molecule has 38 heavy (non-hydrogen) atoms. The van der Waals surface area contributed by atoms with Crippen LogP contribution < -0.4 is 19.7 Å². The monoisotopic (exact) mass is 515 g/mol. The Morgan fingerprint density at radius 1 is 1.03 bits per heavy atom. The summed E-state index contributed by atoms with van der Waals surface area (Å²) in [7, 11) is 4.81. The summed E-state index contributed by atoms with van der Waals surface area (Å²) in [4.78, 5) is 20.2. The first-order valence-corrected chi connectivity index (χ1v) is 12.7. The summed E-state index contributed by atoms with van der Waals surface area (Å²) in [5.74, 6) is 1.19. The van der Waals surface area contributed by atoms with Gasteiger partial charge in [0.25, 0.3) is 5.91 Å². The lowest BCUT2D eigenvalue weighted by Gasteiger charge is -2.22. The van der Waals surface area contributed by atoms with Gasteiger partial charge in [-0.3, -0.25) is 4.79 Å². The number of hydrogen-bond acceptors (Lipinski definition) is 7. The Balaban J connectivity index is 1.41. The Morgan fingerprint density at radius 2 is 1.79 bits per heavy atom. The zero-order valence-electron chi connectivity index (χ0n) is 22.4. The van der Waals surface area contributed by atoms with Crippen molar-refractivity contribution in [3.8, 4) is 22.8 Å². The van der Waals surface area contributed by atoms with Crippen LogP contribution in [0.2, 0.25) is 0 Å². The van der Waals surface area contributed by atoms with Crippen LogP contribution in [0.5, 0.6) is 11.5 Å². The molecule has 1 saturated heterocycles. The molecule has 9 heteroatoms. The molecule has 0 aliphatic carbocycles. The molecule has 1 aliphatic heterocycles. The smallest absolute Gasteiger partial charge is 0.254 e. The number of carbonyl (C=O) groups is 1. The van der Waals surface area contributed by atoms with Crippen molar-refractivity contribution in [3.63, 3.8) is 0 Å². The fourth-order valence-corrected chi connectivity index (χ4v) is 5.17. The van der Waals surface area contributed by atoms with Crippen LogP contribution in [-0.2, 0) is 9.53 Å². The number of amides is 1. The number of anilines is 1. The molecule has 2 aromatic carbocycles. The molecule has 1 fully saturated rings. The molecule has 0 spiro atoms. The van der Waals surface area contributed by atoms with Crippen molar-refractivity contribution in [1.82, 2.24) is 19.9 Å². The zero-order valence-corrected chi connectivity index (χ0v) is 22.4. The van der Waals surface area contributed by atoms with Crippen LogP contribution in [0.1, 0.15) is 29.5 Å². The lowest BCUT2D eigenvalue weighted by molar-refractivity contribution is -0.132. The van der Waals surface area contributed by atoms with E-state index in [0.717, 1.165) is 52.5 Å². The summed E-state index contributed by atoms with van der Waals surface area (Å²) in [6, 6.07) is 17.4. The highest BCUT2D eigenvalue weighted by Crippen LogP contribution is 2.36. The first-order valence-electron chi connectivity index (χ1n) is 12.7. The molecule has 3 heterocycles. The number of aryl methyl sites for hydroxylation is 2. The van der Waals surface area contributed by atoms with Gasteiger partial charge >= 0.3 is 0 Å².